The molecule has 3 nitrogen and oxygen atoms in total. The molecule has 1 fully saturated rings. The first-order valence-corrected chi connectivity index (χ1v) is 9.37. The second-order valence-corrected chi connectivity index (χ2v) is 7.66. The molecule has 3 rings (SSSR count). The van der Waals surface area contributed by atoms with Crippen molar-refractivity contribution in [1.82, 2.24) is 4.90 Å². The highest BCUT2D eigenvalue weighted by Gasteiger charge is 2.26. The van der Waals surface area contributed by atoms with Gasteiger partial charge in [0.05, 0.1) is 5.92 Å². The van der Waals surface area contributed by atoms with Gasteiger partial charge in [0.1, 0.15) is 0 Å². The molecule has 1 aliphatic rings. The van der Waals surface area contributed by atoms with Gasteiger partial charge in [0.25, 0.3) is 0 Å². The molecule has 2 aromatic rings. The maximum Gasteiger partial charge on any atom is 0.228 e. The van der Waals surface area contributed by atoms with Crippen LogP contribution in [0.5, 0.6) is 0 Å². The number of hydrogen-bond acceptors (Lipinski definition) is 2. The van der Waals surface area contributed by atoms with Gasteiger partial charge < -0.3 is 5.32 Å². The number of nitrogens with one attached hydrogen (secondary N) is 1. The number of halogens is 3. The average Bonchev–Trinajstić information content (AvgIpc) is 2.56. The Labute approximate surface area is 162 Å². The largest absolute Gasteiger partial charge is 0.326 e. The van der Waals surface area contributed by atoms with E-state index >= 15 is 0 Å². The van der Waals surface area contributed by atoms with Crippen molar-refractivity contribution >= 4 is 46.4 Å². The third-order valence-corrected chi connectivity index (χ3v) is 5.01. The Kier molecular flexibility index (Phi) is 6.24. The number of piperidine rings is 1. The van der Waals surface area contributed by atoms with E-state index in [0.29, 0.717) is 15.7 Å². The molecular weight excluding hydrogens is 379 g/mol. The molecule has 1 N–H and O–H groups in total. The summed E-state index contributed by atoms with van der Waals surface area (Å²) < 4.78 is 0. The molecule has 132 valence electrons. The summed E-state index contributed by atoms with van der Waals surface area (Å²) in [6.07, 6.45) is 1.89. The minimum atomic E-state index is -0.0428. The molecule has 0 aliphatic carbocycles. The van der Waals surface area contributed by atoms with Gasteiger partial charge in [0.15, 0.2) is 0 Å². The van der Waals surface area contributed by atoms with E-state index in [0.717, 1.165) is 37.5 Å². The van der Waals surface area contributed by atoms with Crippen LogP contribution in [-0.2, 0) is 11.3 Å². The van der Waals surface area contributed by atoms with Crippen molar-refractivity contribution in [3.8, 4) is 0 Å². The molecule has 1 saturated heterocycles. The lowest BCUT2D eigenvalue weighted by atomic mass is 9.96. The van der Waals surface area contributed by atoms with Crippen molar-refractivity contribution in [1.29, 1.82) is 0 Å². The van der Waals surface area contributed by atoms with Gasteiger partial charge in [-0.05, 0) is 55.3 Å². The molecule has 0 radical (unpaired) electrons. The molecule has 25 heavy (non-hydrogen) atoms. The van der Waals surface area contributed by atoms with Crippen molar-refractivity contribution in [3.05, 3.63) is 63.1 Å². The molecule has 2 aromatic carbocycles. The van der Waals surface area contributed by atoms with Crippen LogP contribution < -0.4 is 5.32 Å². The van der Waals surface area contributed by atoms with Crippen LogP contribution in [0.25, 0.3) is 0 Å². The highest BCUT2D eigenvalue weighted by Crippen LogP contribution is 2.25. The summed E-state index contributed by atoms with van der Waals surface area (Å²) in [5.41, 5.74) is 1.84. The lowest BCUT2D eigenvalue weighted by molar-refractivity contribution is -0.121. The highest BCUT2D eigenvalue weighted by atomic mass is 35.5. The zero-order valence-electron chi connectivity index (χ0n) is 13.6. The van der Waals surface area contributed by atoms with Gasteiger partial charge in [-0.15, -0.1) is 0 Å². The van der Waals surface area contributed by atoms with Crippen molar-refractivity contribution in [2.75, 3.05) is 18.4 Å². The molecule has 0 saturated carbocycles. The molecule has 0 aromatic heterocycles. The van der Waals surface area contributed by atoms with E-state index in [1.807, 2.05) is 24.3 Å². The van der Waals surface area contributed by atoms with Crippen molar-refractivity contribution < 1.29 is 4.79 Å². The van der Waals surface area contributed by atoms with Crippen molar-refractivity contribution in [2.45, 2.75) is 19.4 Å². The maximum atomic E-state index is 12.6. The summed E-state index contributed by atoms with van der Waals surface area (Å²) in [5.74, 6) is -0.0297. The highest BCUT2D eigenvalue weighted by molar-refractivity contribution is 6.35. The maximum absolute atomic E-state index is 12.6. The fraction of sp³-hybridized carbons (Fsp3) is 0.316. The van der Waals surface area contributed by atoms with Gasteiger partial charge >= 0.3 is 0 Å². The number of likely N-dealkylation sites (tertiary alicyclic amines) is 1. The second-order valence-electron chi connectivity index (χ2n) is 6.35. The quantitative estimate of drug-likeness (QED) is 0.739. The summed E-state index contributed by atoms with van der Waals surface area (Å²) in [6, 6.07) is 12.9. The first-order chi connectivity index (χ1) is 12.0. The predicted molar refractivity (Wildman–Crippen MR) is 105 cm³/mol. The van der Waals surface area contributed by atoms with Crippen LogP contribution in [0.4, 0.5) is 5.69 Å². The van der Waals surface area contributed by atoms with Crippen LogP contribution in [-0.4, -0.2) is 23.9 Å². The van der Waals surface area contributed by atoms with Gasteiger partial charge in [-0.25, -0.2) is 0 Å². The van der Waals surface area contributed by atoms with E-state index in [1.54, 1.807) is 18.2 Å². The number of rotatable bonds is 4. The summed E-state index contributed by atoms with van der Waals surface area (Å²) >= 11 is 17.9. The molecule has 1 amide bonds. The van der Waals surface area contributed by atoms with Crippen molar-refractivity contribution in [3.63, 3.8) is 0 Å². The molecule has 0 unspecified atom stereocenters. The Morgan fingerprint density at radius 1 is 1.04 bits per heavy atom. The standard InChI is InChI=1S/C19H19Cl3N2O/c20-15-5-3-13(4-6-15)11-24-7-1-2-14(12-24)19(25)23-18-9-16(21)8-17(22)10-18/h3-6,8-10,14H,1-2,7,11-12H2,(H,23,25)/t14-/m1/s1. The second kappa shape index (κ2) is 8.41. The number of nitrogens with zero attached hydrogens (tertiary/aromatic N) is 1. The molecule has 1 atom stereocenters. The van der Waals surface area contributed by atoms with Gasteiger partial charge in [0.2, 0.25) is 5.91 Å². The van der Waals surface area contributed by atoms with Gasteiger partial charge in [-0.3, -0.25) is 9.69 Å². The first-order valence-electron chi connectivity index (χ1n) is 8.23. The van der Waals surface area contributed by atoms with E-state index in [2.05, 4.69) is 10.2 Å². The topological polar surface area (TPSA) is 32.3 Å². The smallest absolute Gasteiger partial charge is 0.228 e. The number of carbonyl (C=O) groups is 1. The molecule has 1 aliphatic heterocycles. The lowest BCUT2D eigenvalue weighted by Gasteiger charge is -2.32. The first kappa shape index (κ1) is 18.5. The molecule has 0 spiro atoms. The average molecular weight is 398 g/mol. The number of amides is 1. The Hall–Kier alpha value is -1.26. The number of benzene rings is 2. The van der Waals surface area contributed by atoms with E-state index in [1.165, 1.54) is 5.56 Å². The van der Waals surface area contributed by atoms with Crippen LogP contribution in [0.1, 0.15) is 18.4 Å². The fourth-order valence-corrected chi connectivity index (χ4v) is 3.78. The van der Waals surface area contributed by atoms with E-state index in [9.17, 15) is 4.79 Å². The van der Waals surface area contributed by atoms with E-state index in [4.69, 9.17) is 34.8 Å². The normalized spacial score (nSPS) is 18.1. The summed E-state index contributed by atoms with van der Waals surface area (Å²) in [6.45, 7) is 2.56. The third-order valence-electron chi connectivity index (χ3n) is 4.33. The van der Waals surface area contributed by atoms with Crippen molar-refractivity contribution in [2.24, 2.45) is 5.92 Å². The fourth-order valence-electron chi connectivity index (χ4n) is 3.13. The van der Waals surface area contributed by atoms with Gasteiger partial charge in [0, 0.05) is 33.8 Å². The molecule has 1 heterocycles. The van der Waals surface area contributed by atoms with E-state index in [-0.39, 0.29) is 11.8 Å². The summed E-state index contributed by atoms with van der Waals surface area (Å²) in [5, 5.41) is 4.69. The number of hydrogen-bond donors (Lipinski definition) is 1. The van der Waals surface area contributed by atoms with Crippen LogP contribution in [0.2, 0.25) is 15.1 Å². The minimum Gasteiger partial charge on any atom is -0.326 e. The Morgan fingerprint density at radius 3 is 2.40 bits per heavy atom. The number of carbonyl (C=O) groups excluding carboxylic acids is 1. The zero-order chi connectivity index (χ0) is 17.8. The number of anilines is 1. The Bertz CT molecular complexity index is 729. The van der Waals surface area contributed by atoms with Gasteiger partial charge in [-0.1, -0.05) is 46.9 Å². The third kappa shape index (κ3) is 5.35. The van der Waals surface area contributed by atoms with Crippen LogP contribution in [0.3, 0.4) is 0 Å². The molecular formula is C19H19Cl3N2O. The summed E-state index contributed by atoms with van der Waals surface area (Å²) in [4.78, 5) is 14.9. The van der Waals surface area contributed by atoms with Crippen LogP contribution >= 0.6 is 34.8 Å². The predicted octanol–water partition coefficient (Wildman–Crippen LogP) is 5.50. The monoisotopic (exact) mass is 396 g/mol. The van der Waals surface area contributed by atoms with E-state index < -0.39 is 0 Å². The Balaban J connectivity index is 1.60. The molecule has 6 heteroatoms. The zero-order valence-corrected chi connectivity index (χ0v) is 15.9. The molecule has 0 bridgehead atoms. The Morgan fingerprint density at radius 2 is 1.72 bits per heavy atom. The van der Waals surface area contributed by atoms with Crippen LogP contribution in [0, 0.1) is 5.92 Å². The summed E-state index contributed by atoms with van der Waals surface area (Å²) in [7, 11) is 0. The lowest BCUT2D eigenvalue weighted by Crippen LogP contribution is -2.40. The minimum absolute atomic E-state index is 0.0131. The van der Waals surface area contributed by atoms with Gasteiger partial charge in [-0.2, -0.15) is 0 Å². The van der Waals surface area contributed by atoms with Crippen LogP contribution in [0.15, 0.2) is 42.5 Å². The SMILES string of the molecule is O=C(Nc1cc(Cl)cc(Cl)c1)[C@@H]1CCCN(Cc2ccc(Cl)cc2)C1.